The van der Waals surface area contributed by atoms with Crippen LogP contribution < -0.4 is 0 Å². The number of hydrogen-bond donors (Lipinski definition) is 0. The topological polar surface area (TPSA) is 38.1 Å². The van der Waals surface area contributed by atoms with Crippen LogP contribution in [0.5, 0.6) is 0 Å². The van der Waals surface area contributed by atoms with Crippen molar-refractivity contribution in [2.24, 2.45) is 7.05 Å². The zero-order chi connectivity index (χ0) is 11.3. The number of carbonyl (C=O) groups is 1. The molecule has 1 heterocycles. The second-order valence-corrected chi connectivity index (χ2v) is 3.69. The van der Waals surface area contributed by atoms with E-state index >= 15 is 0 Å². The molecule has 0 saturated heterocycles. The van der Waals surface area contributed by atoms with Crippen molar-refractivity contribution < 1.29 is 4.79 Å². The summed E-state index contributed by atoms with van der Waals surface area (Å²) >= 11 is 0. The van der Waals surface area contributed by atoms with E-state index in [2.05, 4.69) is 18.9 Å². The van der Waals surface area contributed by atoms with E-state index in [1.165, 1.54) is 0 Å². The van der Waals surface area contributed by atoms with Gasteiger partial charge in [-0.1, -0.05) is 13.8 Å². The molecule has 0 fully saturated rings. The van der Waals surface area contributed by atoms with Crippen molar-refractivity contribution >= 4 is 5.91 Å². The van der Waals surface area contributed by atoms with Crippen LogP contribution in [-0.2, 0) is 7.05 Å². The van der Waals surface area contributed by atoms with Gasteiger partial charge in [0, 0.05) is 26.3 Å². The van der Waals surface area contributed by atoms with E-state index in [9.17, 15) is 4.79 Å². The highest BCUT2D eigenvalue weighted by atomic mass is 16.2. The molecule has 1 rings (SSSR count). The first-order valence-electron chi connectivity index (χ1n) is 5.47. The predicted molar refractivity (Wildman–Crippen MR) is 59.7 cm³/mol. The molecule has 0 aromatic carbocycles. The second kappa shape index (κ2) is 5.53. The highest BCUT2D eigenvalue weighted by Crippen LogP contribution is 2.05. The molecule has 0 N–H and O–H groups in total. The van der Waals surface area contributed by atoms with Crippen molar-refractivity contribution in [3.63, 3.8) is 0 Å². The maximum Gasteiger partial charge on any atom is 0.257 e. The van der Waals surface area contributed by atoms with Crippen LogP contribution in [0.15, 0.2) is 12.4 Å². The highest BCUT2D eigenvalue weighted by Gasteiger charge is 2.15. The smallest absolute Gasteiger partial charge is 0.257 e. The van der Waals surface area contributed by atoms with Gasteiger partial charge in [0.05, 0.1) is 11.8 Å². The van der Waals surface area contributed by atoms with Gasteiger partial charge in [-0.05, 0) is 12.8 Å². The lowest BCUT2D eigenvalue weighted by Gasteiger charge is -2.20. The largest absolute Gasteiger partial charge is 0.339 e. The van der Waals surface area contributed by atoms with E-state index in [0.717, 1.165) is 25.9 Å². The summed E-state index contributed by atoms with van der Waals surface area (Å²) in [4.78, 5) is 13.9. The van der Waals surface area contributed by atoms with Crippen molar-refractivity contribution in [2.45, 2.75) is 26.7 Å². The third-order valence-electron chi connectivity index (χ3n) is 2.23. The molecule has 0 saturated carbocycles. The van der Waals surface area contributed by atoms with Crippen molar-refractivity contribution in [1.29, 1.82) is 0 Å². The van der Waals surface area contributed by atoms with E-state index in [1.54, 1.807) is 17.1 Å². The lowest BCUT2D eigenvalue weighted by atomic mass is 10.2. The Kier molecular flexibility index (Phi) is 4.34. The van der Waals surface area contributed by atoms with Gasteiger partial charge in [0.2, 0.25) is 0 Å². The van der Waals surface area contributed by atoms with Crippen molar-refractivity contribution in [3.8, 4) is 0 Å². The second-order valence-electron chi connectivity index (χ2n) is 3.69. The monoisotopic (exact) mass is 209 g/mol. The first kappa shape index (κ1) is 11.8. The third-order valence-corrected chi connectivity index (χ3v) is 2.23. The van der Waals surface area contributed by atoms with Crippen LogP contribution in [0.25, 0.3) is 0 Å². The number of aryl methyl sites for hydroxylation is 1. The number of hydrogen-bond acceptors (Lipinski definition) is 2. The van der Waals surface area contributed by atoms with Crippen LogP contribution in [0.2, 0.25) is 0 Å². The minimum Gasteiger partial charge on any atom is -0.339 e. The normalized spacial score (nSPS) is 10.3. The SMILES string of the molecule is CCCN(CCC)C(=O)c1cnn(C)c1. The lowest BCUT2D eigenvalue weighted by molar-refractivity contribution is 0.0755. The summed E-state index contributed by atoms with van der Waals surface area (Å²) < 4.78 is 1.66. The third kappa shape index (κ3) is 3.08. The van der Waals surface area contributed by atoms with Gasteiger partial charge in [-0.15, -0.1) is 0 Å². The van der Waals surface area contributed by atoms with Gasteiger partial charge < -0.3 is 4.90 Å². The Balaban J connectivity index is 2.71. The van der Waals surface area contributed by atoms with Crippen LogP contribution in [0, 0.1) is 0 Å². The van der Waals surface area contributed by atoms with Crippen LogP contribution in [-0.4, -0.2) is 33.7 Å². The molecule has 1 amide bonds. The summed E-state index contributed by atoms with van der Waals surface area (Å²) in [6.45, 7) is 5.81. The molecule has 15 heavy (non-hydrogen) atoms. The first-order chi connectivity index (χ1) is 7.19. The molecule has 84 valence electrons. The van der Waals surface area contributed by atoms with E-state index in [4.69, 9.17) is 0 Å². The molecule has 0 bridgehead atoms. The lowest BCUT2D eigenvalue weighted by Crippen LogP contribution is -2.32. The fourth-order valence-electron chi connectivity index (χ4n) is 1.57. The Morgan fingerprint density at radius 2 is 2.00 bits per heavy atom. The highest BCUT2D eigenvalue weighted by molar-refractivity contribution is 5.93. The molecule has 0 unspecified atom stereocenters. The molecule has 4 heteroatoms. The quantitative estimate of drug-likeness (QED) is 0.740. The van der Waals surface area contributed by atoms with E-state index in [-0.39, 0.29) is 5.91 Å². The summed E-state index contributed by atoms with van der Waals surface area (Å²) in [6, 6.07) is 0. The van der Waals surface area contributed by atoms with Gasteiger partial charge in [0.1, 0.15) is 0 Å². The first-order valence-corrected chi connectivity index (χ1v) is 5.47. The number of carbonyl (C=O) groups excluding carboxylic acids is 1. The molecular formula is C11H19N3O. The molecule has 0 spiro atoms. The molecular weight excluding hydrogens is 190 g/mol. The standard InChI is InChI=1S/C11H19N3O/c1-4-6-14(7-5-2)11(15)10-8-12-13(3)9-10/h8-9H,4-7H2,1-3H3. The van der Waals surface area contributed by atoms with Gasteiger partial charge in [-0.2, -0.15) is 5.10 Å². The summed E-state index contributed by atoms with van der Waals surface area (Å²) in [5.74, 6) is 0.0896. The average Bonchev–Trinajstić information content (AvgIpc) is 2.63. The van der Waals surface area contributed by atoms with Gasteiger partial charge in [-0.25, -0.2) is 0 Å². The van der Waals surface area contributed by atoms with Gasteiger partial charge >= 0.3 is 0 Å². The fraction of sp³-hybridized carbons (Fsp3) is 0.636. The summed E-state index contributed by atoms with van der Waals surface area (Å²) in [6.07, 6.45) is 5.37. The number of aromatic nitrogens is 2. The molecule has 1 aromatic rings. The van der Waals surface area contributed by atoms with E-state index in [1.807, 2.05) is 11.9 Å². The maximum absolute atomic E-state index is 12.0. The summed E-state index contributed by atoms with van der Waals surface area (Å²) in [7, 11) is 1.82. The molecule has 1 aromatic heterocycles. The summed E-state index contributed by atoms with van der Waals surface area (Å²) in [5.41, 5.74) is 0.680. The predicted octanol–water partition coefficient (Wildman–Crippen LogP) is 1.68. The Morgan fingerprint density at radius 3 is 2.40 bits per heavy atom. The Hall–Kier alpha value is -1.32. The Bertz CT molecular complexity index is 313. The molecule has 0 aliphatic heterocycles. The molecule has 4 nitrogen and oxygen atoms in total. The maximum atomic E-state index is 12.0. The van der Waals surface area contributed by atoms with E-state index < -0.39 is 0 Å². The fourth-order valence-corrected chi connectivity index (χ4v) is 1.57. The van der Waals surface area contributed by atoms with Crippen molar-refractivity contribution in [2.75, 3.05) is 13.1 Å². The van der Waals surface area contributed by atoms with Crippen LogP contribution in [0.4, 0.5) is 0 Å². The Labute approximate surface area is 90.9 Å². The zero-order valence-corrected chi connectivity index (χ0v) is 9.73. The Morgan fingerprint density at radius 1 is 1.40 bits per heavy atom. The van der Waals surface area contributed by atoms with Gasteiger partial charge in [0.25, 0.3) is 5.91 Å². The molecule has 0 aliphatic rings. The van der Waals surface area contributed by atoms with Crippen molar-refractivity contribution in [3.05, 3.63) is 18.0 Å². The zero-order valence-electron chi connectivity index (χ0n) is 9.73. The van der Waals surface area contributed by atoms with Crippen LogP contribution in [0.3, 0.4) is 0 Å². The van der Waals surface area contributed by atoms with Gasteiger partial charge in [0.15, 0.2) is 0 Å². The summed E-state index contributed by atoms with van der Waals surface area (Å²) in [5, 5.41) is 4.01. The molecule has 0 atom stereocenters. The van der Waals surface area contributed by atoms with Crippen molar-refractivity contribution in [1.82, 2.24) is 14.7 Å². The number of rotatable bonds is 5. The van der Waals surface area contributed by atoms with Gasteiger partial charge in [-0.3, -0.25) is 9.48 Å². The minimum atomic E-state index is 0.0896. The molecule has 0 radical (unpaired) electrons. The molecule has 0 aliphatic carbocycles. The average molecular weight is 209 g/mol. The van der Waals surface area contributed by atoms with Crippen LogP contribution >= 0.6 is 0 Å². The van der Waals surface area contributed by atoms with Crippen LogP contribution in [0.1, 0.15) is 37.0 Å². The minimum absolute atomic E-state index is 0.0896. The number of amides is 1. The van der Waals surface area contributed by atoms with E-state index in [0.29, 0.717) is 5.56 Å². The number of nitrogens with zero attached hydrogens (tertiary/aromatic N) is 3.